The van der Waals surface area contributed by atoms with Crippen molar-refractivity contribution in [1.82, 2.24) is 0 Å². The van der Waals surface area contributed by atoms with Gasteiger partial charge >= 0.3 is 7.82 Å². The molecule has 0 fully saturated rings. The van der Waals surface area contributed by atoms with Crippen molar-refractivity contribution < 1.29 is 18.5 Å². The van der Waals surface area contributed by atoms with Crippen molar-refractivity contribution in [2.45, 2.75) is 19.8 Å². The Balaban J connectivity index is 3.49. The summed E-state index contributed by atoms with van der Waals surface area (Å²) in [6.45, 7) is 2.24. The Morgan fingerprint density at radius 1 is 1.42 bits per heavy atom. The lowest BCUT2D eigenvalue weighted by Gasteiger charge is -2.10. The average molecular weight is 217 g/mol. The summed E-state index contributed by atoms with van der Waals surface area (Å²) in [6, 6.07) is 0. The molecule has 0 aromatic heterocycles. The van der Waals surface area contributed by atoms with E-state index in [2.05, 4.69) is 9.05 Å². The minimum absolute atomic E-state index is 0.0292. The molecule has 1 unspecified atom stereocenters. The SMILES string of the molecule is CCCCOP(=O)(O)OCCCl. The standard InChI is InChI=1S/C6H14ClO4P/c1-2-3-5-10-12(8,9)11-6-4-7/h2-6H2,1H3,(H,8,9). The topological polar surface area (TPSA) is 55.8 Å². The number of halogens is 1. The van der Waals surface area contributed by atoms with Gasteiger partial charge in [-0.1, -0.05) is 13.3 Å². The van der Waals surface area contributed by atoms with Gasteiger partial charge in [0.15, 0.2) is 0 Å². The van der Waals surface area contributed by atoms with Gasteiger partial charge in [0.1, 0.15) is 0 Å². The van der Waals surface area contributed by atoms with Crippen LogP contribution in [-0.2, 0) is 13.6 Å². The number of phosphoric ester groups is 1. The monoisotopic (exact) mass is 216 g/mol. The van der Waals surface area contributed by atoms with E-state index in [0.717, 1.165) is 12.8 Å². The zero-order valence-electron chi connectivity index (χ0n) is 7.03. The maximum atomic E-state index is 10.9. The van der Waals surface area contributed by atoms with Crippen LogP contribution in [0.3, 0.4) is 0 Å². The fourth-order valence-electron chi connectivity index (χ4n) is 0.511. The summed E-state index contributed by atoms with van der Waals surface area (Å²) < 4.78 is 20.0. The van der Waals surface area contributed by atoms with Gasteiger partial charge in [-0.15, -0.1) is 11.6 Å². The first-order chi connectivity index (χ1) is 5.62. The minimum Gasteiger partial charge on any atom is -0.302 e. The second-order valence-corrected chi connectivity index (χ2v) is 4.01. The van der Waals surface area contributed by atoms with Gasteiger partial charge in [-0.3, -0.25) is 9.05 Å². The van der Waals surface area contributed by atoms with Crippen molar-refractivity contribution in [1.29, 1.82) is 0 Å². The van der Waals surface area contributed by atoms with Crippen LogP contribution < -0.4 is 0 Å². The van der Waals surface area contributed by atoms with Gasteiger partial charge in [-0.2, -0.15) is 0 Å². The van der Waals surface area contributed by atoms with Crippen LogP contribution in [0.4, 0.5) is 0 Å². The number of phosphoric acid groups is 1. The van der Waals surface area contributed by atoms with Gasteiger partial charge in [0.2, 0.25) is 0 Å². The van der Waals surface area contributed by atoms with Crippen LogP contribution in [0.5, 0.6) is 0 Å². The summed E-state index contributed by atoms with van der Waals surface area (Å²) in [5.74, 6) is 0.182. The first kappa shape index (κ1) is 12.4. The van der Waals surface area contributed by atoms with Crippen LogP contribution in [0.25, 0.3) is 0 Å². The summed E-state index contributed by atoms with van der Waals surface area (Å²) in [5.41, 5.74) is 0. The number of hydrogen-bond acceptors (Lipinski definition) is 3. The largest absolute Gasteiger partial charge is 0.472 e. The summed E-state index contributed by atoms with van der Waals surface area (Å²) in [4.78, 5) is 8.92. The third-order valence-electron chi connectivity index (χ3n) is 1.08. The molecule has 0 saturated heterocycles. The van der Waals surface area contributed by atoms with E-state index in [1.165, 1.54) is 0 Å². The van der Waals surface area contributed by atoms with Crippen LogP contribution in [0, 0.1) is 0 Å². The lowest BCUT2D eigenvalue weighted by Crippen LogP contribution is -1.98. The highest BCUT2D eigenvalue weighted by atomic mass is 35.5. The number of rotatable bonds is 7. The molecule has 4 nitrogen and oxygen atoms in total. The summed E-state index contributed by atoms with van der Waals surface area (Å²) in [5, 5.41) is 0. The molecule has 0 rings (SSSR count). The van der Waals surface area contributed by atoms with Crippen molar-refractivity contribution in [2.75, 3.05) is 19.1 Å². The van der Waals surface area contributed by atoms with Gasteiger partial charge in [-0.25, -0.2) is 4.57 Å². The van der Waals surface area contributed by atoms with E-state index >= 15 is 0 Å². The van der Waals surface area contributed by atoms with E-state index in [-0.39, 0.29) is 19.1 Å². The molecule has 1 atom stereocenters. The normalized spacial score (nSPS) is 15.9. The molecule has 6 heteroatoms. The van der Waals surface area contributed by atoms with Gasteiger partial charge in [0, 0.05) is 5.88 Å². The Morgan fingerprint density at radius 3 is 2.50 bits per heavy atom. The Kier molecular flexibility index (Phi) is 7.10. The first-order valence-electron chi connectivity index (χ1n) is 3.80. The molecular weight excluding hydrogens is 202 g/mol. The lowest BCUT2D eigenvalue weighted by molar-refractivity contribution is 0.154. The highest BCUT2D eigenvalue weighted by Crippen LogP contribution is 2.42. The van der Waals surface area contributed by atoms with Crippen molar-refractivity contribution >= 4 is 19.4 Å². The summed E-state index contributed by atoms with van der Waals surface area (Å²) in [6.07, 6.45) is 1.66. The van der Waals surface area contributed by atoms with Gasteiger partial charge in [0.05, 0.1) is 13.2 Å². The van der Waals surface area contributed by atoms with Gasteiger partial charge < -0.3 is 4.89 Å². The first-order valence-corrected chi connectivity index (χ1v) is 5.83. The van der Waals surface area contributed by atoms with Crippen molar-refractivity contribution in [3.05, 3.63) is 0 Å². The van der Waals surface area contributed by atoms with Crippen LogP contribution in [0.15, 0.2) is 0 Å². The van der Waals surface area contributed by atoms with E-state index < -0.39 is 7.82 Å². The molecule has 0 bridgehead atoms. The van der Waals surface area contributed by atoms with Crippen molar-refractivity contribution in [3.8, 4) is 0 Å². The fourth-order valence-corrected chi connectivity index (χ4v) is 1.45. The van der Waals surface area contributed by atoms with Crippen LogP contribution in [0.1, 0.15) is 19.8 Å². The summed E-state index contributed by atoms with van der Waals surface area (Å²) in [7, 11) is -3.82. The van der Waals surface area contributed by atoms with Gasteiger partial charge in [-0.05, 0) is 6.42 Å². The quantitative estimate of drug-likeness (QED) is 0.403. The van der Waals surface area contributed by atoms with E-state index in [1.807, 2.05) is 6.92 Å². The number of hydrogen-bond donors (Lipinski definition) is 1. The van der Waals surface area contributed by atoms with E-state index in [1.54, 1.807) is 0 Å². The maximum absolute atomic E-state index is 10.9. The predicted molar refractivity (Wildman–Crippen MR) is 47.4 cm³/mol. The molecule has 0 radical (unpaired) electrons. The fraction of sp³-hybridized carbons (Fsp3) is 1.00. The highest BCUT2D eigenvalue weighted by molar-refractivity contribution is 7.47. The Morgan fingerprint density at radius 2 is 2.00 bits per heavy atom. The molecule has 0 aromatic carbocycles. The smallest absolute Gasteiger partial charge is 0.302 e. The van der Waals surface area contributed by atoms with Crippen molar-refractivity contribution in [3.63, 3.8) is 0 Å². The summed E-state index contributed by atoms with van der Waals surface area (Å²) >= 11 is 5.26. The molecule has 0 aliphatic rings. The average Bonchev–Trinajstić information content (AvgIpc) is 2.01. The van der Waals surface area contributed by atoms with Crippen LogP contribution >= 0.6 is 19.4 Å². The van der Waals surface area contributed by atoms with Crippen LogP contribution in [-0.4, -0.2) is 24.0 Å². The zero-order chi connectivity index (χ0) is 9.45. The van der Waals surface area contributed by atoms with E-state index in [0.29, 0.717) is 0 Å². The van der Waals surface area contributed by atoms with E-state index in [4.69, 9.17) is 16.5 Å². The molecule has 0 aromatic rings. The molecule has 0 spiro atoms. The zero-order valence-corrected chi connectivity index (χ0v) is 8.68. The lowest BCUT2D eigenvalue weighted by atomic mass is 10.4. The van der Waals surface area contributed by atoms with E-state index in [9.17, 15) is 4.57 Å². The van der Waals surface area contributed by atoms with Crippen LogP contribution in [0.2, 0.25) is 0 Å². The second kappa shape index (κ2) is 6.87. The van der Waals surface area contributed by atoms with Gasteiger partial charge in [0.25, 0.3) is 0 Å². The molecule has 12 heavy (non-hydrogen) atoms. The molecule has 0 amide bonds. The molecule has 0 saturated carbocycles. The molecule has 1 N–H and O–H groups in total. The maximum Gasteiger partial charge on any atom is 0.472 e. The second-order valence-electron chi connectivity index (χ2n) is 2.18. The molecule has 74 valence electrons. The third kappa shape index (κ3) is 7.07. The molecule has 0 aliphatic carbocycles. The third-order valence-corrected chi connectivity index (χ3v) is 2.26. The minimum atomic E-state index is -3.82. The molecular formula is C6H14ClO4P. The Labute approximate surface area is 77.4 Å². The highest BCUT2D eigenvalue weighted by Gasteiger charge is 2.19. The Hall–Kier alpha value is 0.400. The van der Waals surface area contributed by atoms with Crippen molar-refractivity contribution in [2.24, 2.45) is 0 Å². The molecule has 0 heterocycles. The number of unbranched alkanes of at least 4 members (excludes halogenated alkanes) is 1. The predicted octanol–water partition coefficient (Wildman–Crippen LogP) is 2.16. The Bertz CT molecular complexity index is 152. The molecule has 0 aliphatic heterocycles. The number of alkyl halides is 1.